The van der Waals surface area contributed by atoms with Crippen molar-refractivity contribution in [2.75, 3.05) is 12.4 Å². The van der Waals surface area contributed by atoms with E-state index >= 15 is 0 Å². The monoisotopic (exact) mass is 238 g/mol. The fourth-order valence-electron chi connectivity index (χ4n) is 1.59. The first kappa shape index (κ1) is 11.4. The van der Waals surface area contributed by atoms with Gasteiger partial charge < -0.3 is 5.32 Å². The maximum Gasteiger partial charge on any atom is 0.251 e. The van der Waals surface area contributed by atoms with Gasteiger partial charge in [0.2, 0.25) is 5.91 Å². The van der Waals surface area contributed by atoms with E-state index < -0.39 is 11.9 Å². The van der Waals surface area contributed by atoms with Crippen LogP contribution in [0.4, 0.5) is 10.2 Å². The second-order valence-corrected chi connectivity index (χ2v) is 3.81. The highest BCUT2D eigenvalue weighted by Gasteiger charge is 2.36. The van der Waals surface area contributed by atoms with Gasteiger partial charge in [0.25, 0.3) is 5.91 Å². The smallest absolute Gasteiger partial charge is 0.251 e. The van der Waals surface area contributed by atoms with Gasteiger partial charge in [-0.25, -0.2) is 14.4 Å². The Hall–Kier alpha value is -2.05. The van der Waals surface area contributed by atoms with Crippen LogP contribution in [0.2, 0.25) is 0 Å². The minimum atomic E-state index is -0.753. The van der Waals surface area contributed by atoms with Crippen LogP contribution in [0.25, 0.3) is 0 Å². The number of carbonyl (C=O) groups is 2. The molecule has 0 spiro atoms. The number of hydrogen-bond donors (Lipinski definition) is 1. The van der Waals surface area contributed by atoms with Crippen molar-refractivity contribution in [2.45, 2.75) is 19.4 Å². The molecule has 1 unspecified atom stereocenters. The Morgan fingerprint density at radius 2 is 2.18 bits per heavy atom. The SMILES string of the molecule is Cc1ncnc(NC2CC(=O)N(C)C2=O)c1F. The lowest BCUT2D eigenvalue weighted by Gasteiger charge is -2.12. The number of aromatic nitrogens is 2. The number of amides is 2. The Morgan fingerprint density at radius 1 is 1.47 bits per heavy atom. The molecule has 1 fully saturated rings. The molecular weight excluding hydrogens is 227 g/mol. The Labute approximate surface area is 96.9 Å². The van der Waals surface area contributed by atoms with Gasteiger partial charge in [-0.3, -0.25) is 14.5 Å². The van der Waals surface area contributed by atoms with Gasteiger partial charge in [0.1, 0.15) is 12.4 Å². The molecule has 2 amide bonds. The molecule has 1 aromatic rings. The highest BCUT2D eigenvalue weighted by Crippen LogP contribution is 2.18. The van der Waals surface area contributed by atoms with Crippen molar-refractivity contribution in [1.82, 2.24) is 14.9 Å². The number of halogens is 1. The molecule has 0 radical (unpaired) electrons. The summed E-state index contributed by atoms with van der Waals surface area (Å²) in [4.78, 5) is 31.3. The minimum absolute atomic E-state index is 0.0117. The number of aryl methyl sites for hydroxylation is 1. The van der Waals surface area contributed by atoms with Gasteiger partial charge >= 0.3 is 0 Å². The van der Waals surface area contributed by atoms with Crippen LogP contribution < -0.4 is 5.32 Å². The lowest BCUT2D eigenvalue weighted by molar-refractivity contribution is -0.136. The fourth-order valence-corrected chi connectivity index (χ4v) is 1.59. The number of hydrogen-bond acceptors (Lipinski definition) is 5. The number of rotatable bonds is 2. The highest BCUT2D eigenvalue weighted by atomic mass is 19.1. The zero-order valence-electron chi connectivity index (χ0n) is 9.40. The number of likely N-dealkylation sites (tertiary alicyclic amines) is 1. The van der Waals surface area contributed by atoms with E-state index in [0.29, 0.717) is 0 Å². The van der Waals surface area contributed by atoms with Crippen molar-refractivity contribution in [3.63, 3.8) is 0 Å². The summed E-state index contributed by atoms with van der Waals surface area (Å²) >= 11 is 0. The van der Waals surface area contributed by atoms with Crippen LogP contribution in [0.5, 0.6) is 0 Å². The molecule has 2 rings (SSSR count). The molecule has 90 valence electrons. The van der Waals surface area contributed by atoms with E-state index in [-0.39, 0.29) is 29.7 Å². The number of anilines is 1. The Balaban J connectivity index is 2.20. The first-order valence-electron chi connectivity index (χ1n) is 5.04. The van der Waals surface area contributed by atoms with Crippen molar-refractivity contribution >= 4 is 17.6 Å². The number of likely N-dealkylation sites (N-methyl/N-ethyl adjacent to an activating group) is 1. The zero-order chi connectivity index (χ0) is 12.6. The van der Waals surface area contributed by atoms with Crippen LogP contribution >= 0.6 is 0 Å². The first-order valence-corrected chi connectivity index (χ1v) is 5.04. The van der Waals surface area contributed by atoms with Crippen LogP contribution in [0.1, 0.15) is 12.1 Å². The molecule has 1 aliphatic rings. The lowest BCUT2D eigenvalue weighted by atomic mass is 10.2. The standard InChI is InChI=1S/C10H11FN4O2/c1-5-8(11)9(13-4-12-5)14-6-3-7(16)15(2)10(6)17/h4,6H,3H2,1-2H3,(H,12,13,14). The summed E-state index contributed by atoms with van der Waals surface area (Å²) in [6.07, 6.45) is 1.21. The van der Waals surface area contributed by atoms with Gasteiger partial charge in [-0.05, 0) is 6.92 Å². The quantitative estimate of drug-likeness (QED) is 0.739. The molecule has 0 bridgehead atoms. The molecule has 1 atom stereocenters. The topological polar surface area (TPSA) is 75.2 Å². The van der Waals surface area contributed by atoms with Crippen molar-refractivity contribution < 1.29 is 14.0 Å². The van der Waals surface area contributed by atoms with E-state index in [1.165, 1.54) is 20.3 Å². The predicted octanol–water partition coefficient (Wildman–Crippen LogP) is 0.0933. The van der Waals surface area contributed by atoms with E-state index in [1.807, 2.05) is 0 Å². The van der Waals surface area contributed by atoms with Gasteiger partial charge in [0.15, 0.2) is 11.6 Å². The van der Waals surface area contributed by atoms with Crippen LogP contribution in [0, 0.1) is 12.7 Å². The highest BCUT2D eigenvalue weighted by molar-refractivity contribution is 6.06. The molecule has 1 aromatic heterocycles. The third-order valence-electron chi connectivity index (χ3n) is 2.66. The van der Waals surface area contributed by atoms with Crippen molar-refractivity contribution in [3.05, 3.63) is 17.8 Å². The molecule has 1 N–H and O–H groups in total. The largest absolute Gasteiger partial charge is 0.355 e. The van der Waals surface area contributed by atoms with E-state index in [9.17, 15) is 14.0 Å². The molecule has 17 heavy (non-hydrogen) atoms. The van der Waals surface area contributed by atoms with E-state index in [4.69, 9.17) is 0 Å². The molecule has 2 heterocycles. The molecule has 0 saturated carbocycles. The molecule has 6 nitrogen and oxygen atoms in total. The molecule has 7 heteroatoms. The second-order valence-electron chi connectivity index (χ2n) is 3.81. The minimum Gasteiger partial charge on any atom is -0.355 e. The molecule has 1 aliphatic heterocycles. The van der Waals surface area contributed by atoms with Gasteiger partial charge in [0.05, 0.1) is 12.1 Å². The first-order chi connectivity index (χ1) is 8.00. The number of nitrogens with zero attached hydrogens (tertiary/aromatic N) is 3. The number of imide groups is 1. The Kier molecular flexibility index (Phi) is 2.74. The summed E-state index contributed by atoms with van der Waals surface area (Å²) in [5.74, 6) is -1.34. The van der Waals surface area contributed by atoms with Crippen LogP contribution in [0.3, 0.4) is 0 Å². The van der Waals surface area contributed by atoms with Crippen molar-refractivity contribution in [3.8, 4) is 0 Å². The van der Waals surface area contributed by atoms with Crippen molar-refractivity contribution in [2.24, 2.45) is 0 Å². The maximum atomic E-state index is 13.6. The number of nitrogens with one attached hydrogen (secondary N) is 1. The summed E-state index contributed by atoms with van der Waals surface area (Å²) in [5, 5.41) is 2.62. The van der Waals surface area contributed by atoms with Crippen LogP contribution in [-0.2, 0) is 9.59 Å². The average Bonchev–Trinajstić information content (AvgIpc) is 2.53. The average molecular weight is 238 g/mol. The maximum absolute atomic E-state index is 13.6. The third kappa shape index (κ3) is 1.95. The van der Waals surface area contributed by atoms with Gasteiger partial charge in [-0.1, -0.05) is 0 Å². The Bertz CT molecular complexity index is 491. The Morgan fingerprint density at radius 3 is 2.76 bits per heavy atom. The summed E-state index contributed by atoms with van der Waals surface area (Å²) in [6, 6.07) is -0.753. The van der Waals surface area contributed by atoms with Gasteiger partial charge in [-0.2, -0.15) is 0 Å². The van der Waals surface area contributed by atoms with Crippen molar-refractivity contribution in [1.29, 1.82) is 0 Å². The summed E-state index contributed by atoms with van der Waals surface area (Å²) < 4.78 is 13.6. The summed E-state index contributed by atoms with van der Waals surface area (Å²) in [6.45, 7) is 1.50. The number of carbonyl (C=O) groups excluding carboxylic acids is 2. The van der Waals surface area contributed by atoms with E-state index in [0.717, 1.165) is 4.90 Å². The summed E-state index contributed by atoms with van der Waals surface area (Å²) in [7, 11) is 1.40. The lowest BCUT2D eigenvalue weighted by Crippen LogP contribution is -2.32. The molecule has 1 saturated heterocycles. The van der Waals surface area contributed by atoms with Crippen LogP contribution in [0.15, 0.2) is 6.33 Å². The normalized spacial score (nSPS) is 19.9. The fraction of sp³-hybridized carbons (Fsp3) is 0.400. The van der Waals surface area contributed by atoms with Crippen LogP contribution in [-0.4, -0.2) is 39.8 Å². The molecule has 0 aliphatic carbocycles. The predicted molar refractivity (Wildman–Crippen MR) is 56.5 cm³/mol. The van der Waals surface area contributed by atoms with E-state index in [2.05, 4.69) is 15.3 Å². The zero-order valence-corrected chi connectivity index (χ0v) is 9.40. The molecular formula is C10H11FN4O2. The second kappa shape index (κ2) is 4.08. The summed E-state index contributed by atoms with van der Waals surface area (Å²) in [5.41, 5.74) is 0.188. The van der Waals surface area contributed by atoms with Gasteiger partial charge in [0, 0.05) is 7.05 Å². The van der Waals surface area contributed by atoms with E-state index in [1.54, 1.807) is 0 Å². The molecule has 0 aromatic carbocycles. The third-order valence-corrected chi connectivity index (χ3v) is 2.66. The van der Waals surface area contributed by atoms with Gasteiger partial charge in [-0.15, -0.1) is 0 Å².